The Morgan fingerprint density at radius 2 is 1.85 bits per heavy atom. The molecule has 182 valence electrons. The molecule has 1 saturated carbocycles. The molecular weight excluding hydrogens is 434 g/mol. The molecule has 1 aliphatic carbocycles. The summed E-state index contributed by atoms with van der Waals surface area (Å²) in [5.74, 6) is 1.22. The molecule has 0 atom stereocenters. The monoisotopic (exact) mass is 467 g/mol. The lowest BCUT2D eigenvalue weighted by molar-refractivity contribution is 0.0263. The minimum atomic E-state index is -0.534. The predicted molar refractivity (Wildman–Crippen MR) is 130 cm³/mol. The van der Waals surface area contributed by atoms with Crippen molar-refractivity contribution in [2.75, 3.05) is 43.4 Å². The van der Waals surface area contributed by atoms with Crippen LogP contribution in [0.3, 0.4) is 0 Å². The Hall–Kier alpha value is -3.43. The van der Waals surface area contributed by atoms with Crippen molar-refractivity contribution < 1.29 is 14.3 Å². The molecule has 2 aromatic heterocycles. The van der Waals surface area contributed by atoms with Gasteiger partial charge in [-0.1, -0.05) is 0 Å². The van der Waals surface area contributed by atoms with Crippen molar-refractivity contribution >= 4 is 29.5 Å². The molecular formula is C24H33N7O3. The molecule has 2 amide bonds. The zero-order valence-corrected chi connectivity index (χ0v) is 20.3. The van der Waals surface area contributed by atoms with Crippen molar-refractivity contribution in [3.8, 4) is 0 Å². The second-order valence-corrected chi connectivity index (χ2v) is 9.69. The van der Waals surface area contributed by atoms with Crippen molar-refractivity contribution in [3.05, 3.63) is 35.8 Å². The predicted octanol–water partition coefficient (Wildman–Crippen LogP) is 3.30. The molecule has 3 heterocycles. The highest BCUT2D eigenvalue weighted by atomic mass is 16.6. The SMILES string of the molecule is CNC(=O)c1cnc(N2CCCN(C(=O)OC(C)(C)C)CC2)nc1Nc1ccc(C2CC2)nc1. The summed E-state index contributed by atoms with van der Waals surface area (Å²) in [7, 11) is 1.58. The van der Waals surface area contributed by atoms with Gasteiger partial charge in [0.15, 0.2) is 0 Å². The number of aromatic nitrogens is 3. The number of hydrogen-bond acceptors (Lipinski definition) is 8. The molecule has 0 aromatic carbocycles. The van der Waals surface area contributed by atoms with Gasteiger partial charge in [-0.2, -0.15) is 4.98 Å². The minimum Gasteiger partial charge on any atom is -0.444 e. The van der Waals surface area contributed by atoms with Crippen molar-refractivity contribution in [3.63, 3.8) is 0 Å². The van der Waals surface area contributed by atoms with Crippen molar-refractivity contribution in [2.24, 2.45) is 0 Å². The number of carbonyl (C=O) groups excluding carboxylic acids is 2. The van der Waals surface area contributed by atoms with E-state index in [0.29, 0.717) is 49.4 Å². The zero-order chi connectivity index (χ0) is 24.3. The number of carbonyl (C=O) groups is 2. The number of amides is 2. The van der Waals surface area contributed by atoms with Crippen LogP contribution in [0.4, 0.5) is 22.2 Å². The van der Waals surface area contributed by atoms with Gasteiger partial charge in [0.05, 0.1) is 11.9 Å². The minimum absolute atomic E-state index is 0.274. The molecule has 2 fully saturated rings. The number of hydrogen-bond donors (Lipinski definition) is 2. The van der Waals surface area contributed by atoms with E-state index in [9.17, 15) is 9.59 Å². The topological polar surface area (TPSA) is 113 Å². The molecule has 1 aliphatic heterocycles. The van der Waals surface area contributed by atoms with Gasteiger partial charge in [0.25, 0.3) is 5.91 Å². The summed E-state index contributed by atoms with van der Waals surface area (Å²) in [6.45, 7) is 7.95. The third-order valence-electron chi connectivity index (χ3n) is 5.72. The number of ether oxygens (including phenoxy) is 1. The first kappa shape index (κ1) is 23.7. The Kier molecular flexibility index (Phi) is 6.85. The Balaban J connectivity index is 1.50. The van der Waals surface area contributed by atoms with Gasteiger partial charge in [0.1, 0.15) is 17.0 Å². The van der Waals surface area contributed by atoms with Gasteiger partial charge >= 0.3 is 6.09 Å². The molecule has 2 aliphatic rings. The summed E-state index contributed by atoms with van der Waals surface area (Å²) in [6.07, 6.45) is 6.14. The van der Waals surface area contributed by atoms with Gasteiger partial charge in [-0.15, -0.1) is 0 Å². The summed E-state index contributed by atoms with van der Waals surface area (Å²) in [4.78, 5) is 42.3. The fourth-order valence-electron chi connectivity index (χ4n) is 3.78. The second-order valence-electron chi connectivity index (χ2n) is 9.69. The van der Waals surface area contributed by atoms with Crippen molar-refractivity contribution in [2.45, 2.75) is 51.6 Å². The van der Waals surface area contributed by atoms with E-state index in [1.54, 1.807) is 18.1 Å². The maximum Gasteiger partial charge on any atom is 0.410 e. The quantitative estimate of drug-likeness (QED) is 0.689. The van der Waals surface area contributed by atoms with Crippen LogP contribution in [0.15, 0.2) is 24.5 Å². The average molecular weight is 468 g/mol. The lowest BCUT2D eigenvalue weighted by Gasteiger charge is -2.26. The van der Waals surface area contributed by atoms with Crippen LogP contribution in [0, 0.1) is 0 Å². The molecule has 0 bridgehead atoms. The number of rotatable bonds is 5. The maximum atomic E-state index is 12.5. The molecule has 0 radical (unpaired) electrons. The molecule has 2 aromatic rings. The molecule has 4 rings (SSSR count). The third-order valence-corrected chi connectivity index (χ3v) is 5.72. The summed E-state index contributed by atoms with van der Waals surface area (Å²) < 4.78 is 5.52. The largest absolute Gasteiger partial charge is 0.444 e. The highest BCUT2D eigenvalue weighted by Crippen LogP contribution is 2.39. The fraction of sp³-hybridized carbons (Fsp3) is 0.542. The van der Waals surface area contributed by atoms with Crippen LogP contribution in [0.1, 0.15) is 62.0 Å². The number of nitrogens with one attached hydrogen (secondary N) is 2. The molecule has 10 nitrogen and oxygen atoms in total. The van der Waals surface area contributed by atoms with Gasteiger partial charge in [0, 0.05) is 51.0 Å². The van der Waals surface area contributed by atoms with Gasteiger partial charge < -0.3 is 25.2 Å². The lowest BCUT2D eigenvalue weighted by atomic mass is 10.2. The molecule has 34 heavy (non-hydrogen) atoms. The first-order valence-electron chi connectivity index (χ1n) is 11.8. The first-order valence-corrected chi connectivity index (χ1v) is 11.8. The van der Waals surface area contributed by atoms with Gasteiger partial charge in [-0.25, -0.2) is 9.78 Å². The van der Waals surface area contributed by atoms with Crippen LogP contribution >= 0.6 is 0 Å². The van der Waals surface area contributed by atoms with E-state index in [1.807, 2.05) is 37.8 Å². The van der Waals surface area contributed by atoms with Crippen LogP contribution in [-0.4, -0.2) is 70.7 Å². The van der Waals surface area contributed by atoms with Gasteiger partial charge in [0.2, 0.25) is 5.95 Å². The molecule has 10 heteroatoms. The number of nitrogens with zero attached hydrogens (tertiary/aromatic N) is 5. The van der Waals surface area contributed by atoms with E-state index < -0.39 is 5.60 Å². The molecule has 1 saturated heterocycles. The van der Waals surface area contributed by atoms with Crippen LogP contribution in [0.25, 0.3) is 0 Å². The standard InChI is InChI=1S/C24H33N7O3/c1-24(2,3)34-23(33)31-11-5-10-30(12-13-31)22-27-15-18(21(32)25-4)20(29-22)28-17-8-9-19(26-14-17)16-6-7-16/h8-9,14-16H,5-7,10-13H2,1-4H3,(H,25,32)(H,27,28,29). The van der Waals surface area contributed by atoms with E-state index in [4.69, 9.17) is 4.74 Å². The smallest absolute Gasteiger partial charge is 0.410 e. The van der Waals surface area contributed by atoms with Crippen LogP contribution in [0.2, 0.25) is 0 Å². The van der Waals surface area contributed by atoms with E-state index in [0.717, 1.165) is 17.8 Å². The Labute approximate surface area is 200 Å². The molecule has 0 unspecified atom stereocenters. The van der Waals surface area contributed by atoms with Crippen molar-refractivity contribution in [1.29, 1.82) is 0 Å². The van der Waals surface area contributed by atoms with E-state index >= 15 is 0 Å². The average Bonchev–Trinajstić information content (AvgIpc) is 3.65. The first-order chi connectivity index (χ1) is 16.2. The molecule has 0 spiro atoms. The van der Waals surface area contributed by atoms with E-state index in [1.165, 1.54) is 19.0 Å². The van der Waals surface area contributed by atoms with Gasteiger partial charge in [-0.05, 0) is 52.2 Å². The lowest BCUT2D eigenvalue weighted by Crippen LogP contribution is -2.39. The Morgan fingerprint density at radius 1 is 1.06 bits per heavy atom. The zero-order valence-electron chi connectivity index (χ0n) is 20.3. The summed E-state index contributed by atoms with van der Waals surface area (Å²) in [5.41, 5.74) is 1.67. The summed E-state index contributed by atoms with van der Waals surface area (Å²) in [6, 6.07) is 3.97. The normalized spacial score (nSPS) is 16.6. The summed E-state index contributed by atoms with van der Waals surface area (Å²) in [5, 5.41) is 5.88. The second kappa shape index (κ2) is 9.82. The number of pyridine rings is 1. The van der Waals surface area contributed by atoms with Crippen LogP contribution in [-0.2, 0) is 4.74 Å². The Morgan fingerprint density at radius 3 is 2.50 bits per heavy atom. The van der Waals surface area contributed by atoms with E-state index in [-0.39, 0.29) is 12.0 Å². The van der Waals surface area contributed by atoms with Crippen molar-refractivity contribution in [1.82, 2.24) is 25.2 Å². The number of anilines is 3. The Bertz CT molecular complexity index is 1030. The third kappa shape index (κ3) is 5.92. The summed E-state index contributed by atoms with van der Waals surface area (Å²) >= 11 is 0. The van der Waals surface area contributed by atoms with Gasteiger partial charge in [-0.3, -0.25) is 9.78 Å². The maximum absolute atomic E-state index is 12.5. The van der Waals surface area contributed by atoms with E-state index in [2.05, 4.69) is 25.6 Å². The fourth-order valence-corrected chi connectivity index (χ4v) is 3.78. The van der Waals surface area contributed by atoms with Crippen LogP contribution in [0.5, 0.6) is 0 Å². The molecule has 2 N–H and O–H groups in total. The highest BCUT2D eigenvalue weighted by molar-refractivity contribution is 5.99. The van der Waals surface area contributed by atoms with Crippen LogP contribution < -0.4 is 15.5 Å². The highest BCUT2D eigenvalue weighted by Gasteiger charge is 2.26.